The second-order valence-corrected chi connectivity index (χ2v) is 7.36. The average molecular weight is 414 g/mol. The molecule has 4 rings (SSSR count). The fourth-order valence-corrected chi connectivity index (χ4v) is 3.35. The Morgan fingerprint density at radius 1 is 0.839 bits per heavy atom. The normalized spacial score (nSPS) is 10.8. The van der Waals surface area contributed by atoms with E-state index in [0.717, 1.165) is 27.8 Å². The Morgan fingerprint density at radius 2 is 1.55 bits per heavy atom. The van der Waals surface area contributed by atoms with Gasteiger partial charge in [0, 0.05) is 22.6 Å². The number of esters is 1. The molecule has 3 aromatic carbocycles. The van der Waals surface area contributed by atoms with Gasteiger partial charge in [-0.05, 0) is 55.3 Å². The van der Waals surface area contributed by atoms with Gasteiger partial charge in [0.1, 0.15) is 24.5 Å². The molecule has 156 valence electrons. The zero-order valence-electron chi connectivity index (χ0n) is 17.4. The van der Waals surface area contributed by atoms with Crippen LogP contribution < -0.4 is 10.4 Å². The lowest BCUT2D eigenvalue weighted by molar-refractivity contribution is 0.0471. The van der Waals surface area contributed by atoms with E-state index in [1.54, 1.807) is 12.1 Å². The molecule has 0 aliphatic carbocycles. The van der Waals surface area contributed by atoms with E-state index in [4.69, 9.17) is 13.9 Å². The third-order valence-electron chi connectivity index (χ3n) is 5.18. The summed E-state index contributed by atoms with van der Waals surface area (Å²) in [7, 11) is 0. The molecule has 0 bridgehead atoms. The Labute approximate surface area is 179 Å². The van der Waals surface area contributed by atoms with Gasteiger partial charge in [-0.25, -0.2) is 9.59 Å². The third kappa shape index (κ3) is 4.67. The van der Waals surface area contributed by atoms with Gasteiger partial charge in [0.25, 0.3) is 0 Å². The molecule has 1 heterocycles. The standard InChI is InChI=1S/C26H22O5/c1-17-12-23-20(14-25(27)31-24(23)13-18(17)2)16-30-26(28)22-11-7-6-8-19(22)15-29-21-9-4-3-5-10-21/h3-14H,15-16H2,1-2H3. The first-order valence-corrected chi connectivity index (χ1v) is 9.98. The molecule has 5 nitrogen and oxygen atoms in total. The predicted octanol–water partition coefficient (Wildman–Crippen LogP) is 5.35. The van der Waals surface area contributed by atoms with Gasteiger partial charge in [-0.3, -0.25) is 0 Å². The highest BCUT2D eigenvalue weighted by Crippen LogP contribution is 2.23. The Hall–Kier alpha value is -3.86. The Morgan fingerprint density at radius 3 is 2.35 bits per heavy atom. The fraction of sp³-hybridized carbons (Fsp3) is 0.154. The van der Waals surface area contributed by atoms with Crippen LogP contribution in [-0.4, -0.2) is 5.97 Å². The molecule has 0 aliphatic rings. The zero-order chi connectivity index (χ0) is 21.8. The van der Waals surface area contributed by atoms with Crippen molar-refractivity contribution in [2.24, 2.45) is 0 Å². The van der Waals surface area contributed by atoms with Gasteiger partial charge in [-0.15, -0.1) is 0 Å². The highest BCUT2D eigenvalue weighted by Gasteiger charge is 2.15. The number of fused-ring (bicyclic) bond motifs is 1. The van der Waals surface area contributed by atoms with Crippen LogP contribution in [0.2, 0.25) is 0 Å². The van der Waals surface area contributed by atoms with Crippen molar-refractivity contribution in [3.05, 3.63) is 111 Å². The molecule has 0 saturated heterocycles. The molecule has 0 aliphatic heterocycles. The van der Waals surface area contributed by atoms with E-state index >= 15 is 0 Å². The number of carbonyl (C=O) groups is 1. The maximum atomic E-state index is 12.8. The minimum atomic E-state index is -0.475. The molecular formula is C26H22O5. The summed E-state index contributed by atoms with van der Waals surface area (Å²) in [6.07, 6.45) is 0. The van der Waals surface area contributed by atoms with Crippen molar-refractivity contribution in [1.82, 2.24) is 0 Å². The van der Waals surface area contributed by atoms with Crippen molar-refractivity contribution in [2.75, 3.05) is 0 Å². The summed E-state index contributed by atoms with van der Waals surface area (Å²) in [6, 6.07) is 21.7. The largest absolute Gasteiger partial charge is 0.489 e. The summed E-state index contributed by atoms with van der Waals surface area (Å²) in [5.74, 6) is 0.247. The summed E-state index contributed by atoms with van der Waals surface area (Å²) in [4.78, 5) is 24.8. The van der Waals surface area contributed by atoms with Crippen molar-refractivity contribution in [3.8, 4) is 5.75 Å². The highest BCUT2D eigenvalue weighted by atomic mass is 16.5. The molecule has 1 aromatic heterocycles. The van der Waals surface area contributed by atoms with Gasteiger partial charge < -0.3 is 13.9 Å². The molecule has 5 heteroatoms. The molecule has 0 amide bonds. The maximum absolute atomic E-state index is 12.8. The lowest BCUT2D eigenvalue weighted by atomic mass is 10.0. The number of carbonyl (C=O) groups excluding carboxylic acids is 1. The van der Waals surface area contributed by atoms with Crippen LogP contribution in [-0.2, 0) is 18.0 Å². The van der Waals surface area contributed by atoms with Crippen molar-refractivity contribution < 1.29 is 18.7 Å². The molecular weight excluding hydrogens is 392 g/mol. The molecule has 0 fully saturated rings. The molecule has 0 saturated carbocycles. The van der Waals surface area contributed by atoms with E-state index in [1.165, 1.54) is 6.07 Å². The summed E-state index contributed by atoms with van der Waals surface area (Å²) < 4.78 is 16.7. The number of ether oxygens (including phenoxy) is 2. The number of hydrogen-bond acceptors (Lipinski definition) is 5. The van der Waals surface area contributed by atoms with Gasteiger partial charge in [-0.2, -0.15) is 0 Å². The topological polar surface area (TPSA) is 65.7 Å². The lowest BCUT2D eigenvalue weighted by Crippen LogP contribution is -2.11. The van der Waals surface area contributed by atoms with Gasteiger partial charge in [0.2, 0.25) is 0 Å². The van der Waals surface area contributed by atoms with Crippen LogP contribution in [0.4, 0.5) is 0 Å². The summed E-state index contributed by atoms with van der Waals surface area (Å²) in [5, 5.41) is 0.760. The number of para-hydroxylation sites is 1. The van der Waals surface area contributed by atoms with E-state index < -0.39 is 11.6 Å². The van der Waals surface area contributed by atoms with Crippen molar-refractivity contribution in [2.45, 2.75) is 27.1 Å². The van der Waals surface area contributed by atoms with E-state index in [9.17, 15) is 9.59 Å². The van der Waals surface area contributed by atoms with Gasteiger partial charge in [0.05, 0.1) is 5.56 Å². The van der Waals surface area contributed by atoms with Crippen molar-refractivity contribution in [1.29, 1.82) is 0 Å². The summed E-state index contributed by atoms with van der Waals surface area (Å²) in [6.45, 7) is 4.15. The molecule has 0 unspecified atom stereocenters. The van der Waals surface area contributed by atoms with Crippen molar-refractivity contribution >= 4 is 16.9 Å². The second kappa shape index (κ2) is 8.88. The minimum absolute atomic E-state index is 0.0304. The Kier molecular flexibility index (Phi) is 5.85. The first-order valence-electron chi connectivity index (χ1n) is 9.98. The van der Waals surface area contributed by atoms with Gasteiger partial charge in [-0.1, -0.05) is 36.4 Å². The Bertz CT molecular complexity index is 1290. The van der Waals surface area contributed by atoms with Crippen LogP contribution in [0.5, 0.6) is 5.75 Å². The fourth-order valence-electron chi connectivity index (χ4n) is 3.35. The van der Waals surface area contributed by atoms with Crippen LogP contribution in [0, 0.1) is 13.8 Å². The molecule has 0 radical (unpaired) electrons. The van der Waals surface area contributed by atoms with E-state index in [-0.39, 0.29) is 13.2 Å². The molecule has 4 aromatic rings. The first kappa shape index (κ1) is 20.4. The minimum Gasteiger partial charge on any atom is -0.489 e. The molecule has 0 N–H and O–H groups in total. The molecule has 0 spiro atoms. The monoisotopic (exact) mass is 414 g/mol. The Balaban J connectivity index is 1.53. The quantitative estimate of drug-likeness (QED) is 0.314. The lowest BCUT2D eigenvalue weighted by Gasteiger charge is -2.12. The number of rotatable bonds is 6. The maximum Gasteiger partial charge on any atom is 0.338 e. The predicted molar refractivity (Wildman–Crippen MR) is 118 cm³/mol. The molecule has 31 heavy (non-hydrogen) atoms. The van der Waals surface area contributed by atoms with Crippen LogP contribution in [0.3, 0.4) is 0 Å². The van der Waals surface area contributed by atoms with Gasteiger partial charge >= 0.3 is 11.6 Å². The van der Waals surface area contributed by atoms with Gasteiger partial charge in [0.15, 0.2) is 0 Å². The first-order chi connectivity index (χ1) is 15.0. The SMILES string of the molecule is Cc1cc2oc(=O)cc(COC(=O)c3ccccc3COc3ccccc3)c2cc1C. The average Bonchev–Trinajstić information content (AvgIpc) is 2.78. The summed E-state index contributed by atoms with van der Waals surface area (Å²) in [5.41, 5.74) is 3.87. The van der Waals surface area contributed by atoms with Crippen LogP contribution in [0.1, 0.15) is 32.6 Å². The van der Waals surface area contributed by atoms with Crippen LogP contribution in [0.25, 0.3) is 11.0 Å². The number of aryl methyl sites for hydroxylation is 2. The highest BCUT2D eigenvalue weighted by molar-refractivity contribution is 5.91. The van der Waals surface area contributed by atoms with E-state index in [2.05, 4.69) is 0 Å². The third-order valence-corrected chi connectivity index (χ3v) is 5.18. The smallest absolute Gasteiger partial charge is 0.338 e. The van der Waals surface area contributed by atoms with Crippen molar-refractivity contribution in [3.63, 3.8) is 0 Å². The summed E-state index contributed by atoms with van der Waals surface area (Å²) >= 11 is 0. The van der Waals surface area contributed by atoms with E-state index in [1.807, 2.05) is 68.4 Å². The van der Waals surface area contributed by atoms with E-state index in [0.29, 0.717) is 16.7 Å². The van der Waals surface area contributed by atoms with Crippen LogP contribution in [0.15, 0.2) is 82.0 Å². The number of benzene rings is 3. The second-order valence-electron chi connectivity index (χ2n) is 7.36. The number of hydrogen-bond donors (Lipinski definition) is 0. The molecule has 0 atom stereocenters. The van der Waals surface area contributed by atoms with Crippen LogP contribution >= 0.6 is 0 Å². The zero-order valence-corrected chi connectivity index (χ0v) is 17.4.